The third-order valence-corrected chi connectivity index (χ3v) is 5.13. The highest BCUT2D eigenvalue weighted by Gasteiger charge is 2.33. The second kappa shape index (κ2) is 7.06. The molecule has 6 nitrogen and oxygen atoms in total. The van der Waals surface area contributed by atoms with Crippen LogP contribution < -0.4 is 0 Å². The highest BCUT2D eigenvalue weighted by molar-refractivity contribution is 6.33. The van der Waals surface area contributed by atoms with Gasteiger partial charge in [-0.1, -0.05) is 41.4 Å². The molecule has 8 heteroatoms. The van der Waals surface area contributed by atoms with E-state index in [-0.39, 0.29) is 17.6 Å². The zero-order valence-corrected chi connectivity index (χ0v) is 15.1. The molecule has 1 aliphatic heterocycles. The van der Waals surface area contributed by atoms with Crippen LogP contribution in [0.1, 0.15) is 28.0 Å². The van der Waals surface area contributed by atoms with Crippen LogP contribution in [0, 0.1) is 12.8 Å². The van der Waals surface area contributed by atoms with Gasteiger partial charge >= 0.3 is 5.97 Å². The molecule has 1 aromatic heterocycles. The van der Waals surface area contributed by atoms with Crippen molar-refractivity contribution in [2.75, 3.05) is 13.1 Å². The summed E-state index contributed by atoms with van der Waals surface area (Å²) in [6.07, 6.45) is 0.450. The molecular weight excluding hydrogens is 365 g/mol. The van der Waals surface area contributed by atoms with E-state index >= 15 is 0 Å². The van der Waals surface area contributed by atoms with Crippen molar-refractivity contribution >= 4 is 35.1 Å². The molecular formula is C17H17Cl2N3O3. The lowest BCUT2D eigenvalue weighted by Gasteiger charge is -2.15. The van der Waals surface area contributed by atoms with Gasteiger partial charge in [0, 0.05) is 18.1 Å². The molecule has 0 aliphatic carbocycles. The number of carbonyl (C=O) groups excluding carboxylic acids is 1. The molecule has 0 radical (unpaired) electrons. The van der Waals surface area contributed by atoms with E-state index in [0.717, 1.165) is 5.56 Å². The number of carboxylic acids is 1. The number of carbonyl (C=O) groups is 2. The number of aromatic nitrogens is 2. The summed E-state index contributed by atoms with van der Waals surface area (Å²) in [5.74, 6) is -1.69. The van der Waals surface area contributed by atoms with E-state index in [1.54, 1.807) is 13.0 Å². The van der Waals surface area contributed by atoms with Crippen molar-refractivity contribution in [3.63, 3.8) is 0 Å². The second-order valence-electron chi connectivity index (χ2n) is 6.08. The van der Waals surface area contributed by atoms with E-state index in [4.69, 9.17) is 28.3 Å². The molecule has 1 aromatic carbocycles. The Balaban J connectivity index is 1.84. The molecule has 132 valence electrons. The number of nitrogens with zero attached hydrogens (tertiary/aromatic N) is 3. The van der Waals surface area contributed by atoms with Crippen molar-refractivity contribution in [3.8, 4) is 0 Å². The molecule has 25 heavy (non-hydrogen) atoms. The number of amides is 1. The van der Waals surface area contributed by atoms with Gasteiger partial charge in [-0.2, -0.15) is 5.10 Å². The summed E-state index contributed by atoms with van der Waals surface area (Å²) in [6.45, 7) is 2.66. The first-order valence-electron chi connectivity index (χ1n) is 7.87. The van der Waals surface area contributed by atoms with Gasteiger partial charge in [0.2, 0.25) is 0 Å². The molecule has 3 rings (SSSR count). The second-order valence-corrected chi connectivity index (χ2v) is 6.84. The van der Waals surface area contributed by atoms with Crippen LogP contribution in [0.4, 0.5) is 0 Å². The van der Waals surface area contributed by atoms with Gasteiger partial charge in [0.25, 0.3) is 5.91 Å². The van der Waals surface area contributed by atoms with Gasteiger partial charge in [-0.25, -0.2) is 4.68 Å². The number of rotatable bonds is 4. The minimum Gasteiger partial charge on any atom is -0.481 e. The monoisotopic (exact) mass is 381 g/mol. The van der Waals surface area contributed by atoms with Crippen molar-refractivity contribution < 1.29 is 14.7 Å². The highest BCUT2D eigenvalue weighted by atomic mass is 35.5. The number of benzene rings is 1. The molecule has 1 aliphatic rings. The fraction of sp³-hybridized carbons (Fsp3) is 0.353. The van der Waals surface area contributed by atoms with Gasteiger partial charge < -0.3 is 10.0 Å². The van der Waals surface area contributed by atoms with Crippen LogP contribution in [-0.4, -0.2) is 44.8 Å². The van der Waals surface area contributed by atoms with Gasteiger partial charge in [-0.3, -0.25) is 9.59 Å². The molecule has 0 bridgehead atoms. The Morgan fingerprint density at radius 3 is 2.68 bits per heavy atom. The summed E-state index contributed by atoms with van der Waals surface area (Å²) in [5, 5.41) is 14.3. The first-order valence-corrected chi connectivity index (χ1v) is 8.62. The number of aryl methyl sites for hydroxylation is 1. The number of aliphatic carboxylic acids is 1. The SMILES string of the molecule is Cc1nn(Cc2ccccc2Cl)c(Cl)c1C(=O)N1CC[C@H](C(=O)O)C1. The Morgan fingerprint density at radius 2 is 2.04 bits per heavy atom. The Labute approximate surface area is 154 Å². The Bertz CT molecular complexity index is 835. The highest BCUT2D eigenvalue weighted by Crippen LogP contribution is 2.27. The molecule has 1 saturated heterocycles. The summed E-state index contributed by atoms with van der Waals surface area (Å²) < 4.78 is 1.54. The molecule has 2 aromatic rings. The summed E-state index contributed by atoms with van der Waals surface area (Å²) >= 11 is 12.6. The van der Waals surface area contributed by atoms with Crippen LogP contribution in [0.5, 0.6) is 0 Å². The van der Waals surface area contributed by atoms with Crippen LogP contribution >= 0.6 is 23.2 Å². The van der Waals surface area contributed by atoms with Crippen LogP contribution in [0.2, 0.25) is 10.2 Å². The van der Waals surface area contributed by atoms with Crippen LogP contribution in [0.15, 0.2) is 24.3 Å². The fourth-order valence-corrected chi connectivity index (χ4v) is 3.50. The topological polar surface area (TPSA) is 75.4 Å². The minimum absolute atomic E-state index is 0.194. The van der Waals surface area contributed by atoms with E-state index in [9.17, 15) is 9.59 Å². The van der Waals surface area contributed by atoms with Gasteiger partial charge in [-0.05, 0) is 25.0 Å². The first kappa shape index (κ1) is 17.8. The predicted octanol–water partition coefficient (Wildman–Crippen LogP) is 3.09. The lowest BCUT2D eigenvalue weighted by Crippen LogP contribution is -2.30. The van der Waals surface area contributed by atoms with Crippen LogP contribution in [-0.2, 0) is 11.3 Å². The van der Waals surface area contributed by atoms with Gasteiger partial charge in [0.1, 0.15) is 5.15 Å². The zero-order valence-electron chi connectivity index (χ0n) is 13.6. The quantitative estimate of drug-likeness (QED) is 0.882. The largest absolute Gasteiger partial charge is 0.481 e. The van der Waals surface area contributed by atoms with E-state index < -0.39 is 11.9 Å². The van der Waals surface area contributed by atoms with Crippen molar-refractivity contribution in [1.29, 1.82) is 0 Å². The summed E-state index contributed by atoms with van der Waals surface area (Å²) in [4.78, 5) is 25.4. The maximum Gasteiger partial charge on any atom is 0.308 e. The number of hydrogen-bond acceptors (Lipinski definition) is 3. The Kier molecular flexibility index (Phi) is 5.01. The van der Waals surface area contributed by atoms with Crippen molar-refractivity contribution in [3.05, 3.63) is 51.3 Å². The normalized spacial score (nSPS) is 17.1. The molecule has 1 N–H and O–H groups in total. The smallest absolute Gasteiger partial charge is 0.308 e. The lowest BCUT2D eigenvalue weighted by molar-refractivity contribution is -0.141. The standard InChI is InChI=1S/C17H17Cl2N3O3/c1-10-14(16(23)21-7-6-12(8-21)17(24)25)15(19)22(20-10)9-11-4-2-3-5-13(11)18/h2-5,12H,6-9H2,1H3,(H,24,25)/t12-/m0/s1. The average molecular weight is 382 g/mol. The number of halogens is 2. The molecule has 1 atom stereocenters. The Morgan fingerprint density at radius 1 is 1.32 bits per heavy atom. The van der Waals surface area contributed by atoms with Crippen molar-refractivity contribution in [1.82, 2.24) is 14.7 Å². The summed E-state index contributed by atoms with van der Waals surface area (Å²) in [5.41, 5.74) is 1.68. The van der Waals surface area contributed by atoms with Gasteiger partial charge in [0.15, 0.2) is 0 Å². The maximum absolute atomic E-state index is 12.8. The third-order valence-electron chi connectivity index (χ3n) is 4.38. The molecule has 0 spiro atoms. The van der Waals surface area contributed by atoms with Crippen LogP contribution in [0.25, 0.3) is 0 Å². The minimum atomic E-state index is -0.882. The number of likely N-dealkylation sites (tertiary alicyclic amines) is 1. The number of carboxylic acid groups (broad SMARTS) is 1. The van der Waals surface area contributed by atoms with Gasteiger partial charge in [0.05, 0.1) is 23.7 Å². The zero-order chi connectivity index (χ0) is 18.1. The number of hydrogen-bond donors (Lipinski definition) is 1. The van der Waals surface area contributed by atoms with E-state index in [1.165, 1.54) is 9.58 Å². The van der Waals surface area contributed by atoms with Crippen molar-refractivity contribution in [2.45, 2.75) is 19.9 Å². The maximum atomic E-state index is 12.8. The molecule has 1 amide bonds. The fourth-order valence-electron chi connectivity index (χ4n) is 2.99. The molecule has 0 saturated carbocycles. The molecule has 0 unspecified atom stereocenters. The first-order chi connectivity index (χ1) is 11.9. The molecule has 1 fully saturated rings. The van der Waals surface area contributed by atoms with Crippen LogP contribution in [0.3, 0.4) is 0 Å². The summed E-state index contributed by atoms with van der Waals surface area (Å²) in [7, 11) is 0. The summed E-state index contributed by atoms with van der Waals surface area (Å²) in [6, 6.07) is 7.36. The van der Waals surface area contributed by atoms with E-state index in [2.05, 4.69) is 5.10 Å². The lowest BCUT2D eigenvalue weighted by atomic mass is 10.1. The van der Waals surface area contributed by atoms with E-state index in [1.807, 2.05) is 18.2 Å². The third kappa shape index (κ3) is 3.50. The molecule has 2 heterocycles. The van der Waals surface area contributed by atoms with E-state index in [0.29, 0.717) is 35.8 Å². The van der Waals surface area contributed by atoms with Crippen molar-refractivity contribution in [2.24, 2.45) is 5.92 Å². The Hall–Kier alpha value is -2.05. The van der Waals surface area contributed by atoms with Gasteiger partial charge in [-0.15, -0.1) is 0 Å². The average Bonchev–Trinajstić information content (AvgIpc) is 3.15. The predicted molar refractivity (Wildman–Crippen MR) is 94.2 cm³/mol.